The molecule has 124 valence electrons. The summed E-state index contributed by atoms with van der Waals surface area (Å²) in [5.41, 5.74) is -0.151. The smallest absolute Gasteiger partial charge is 0.328 e. The van der Waals surface area contributed by atoms with Crippen molar-refractivity contribution in [2.45, 2.75) is 32.9 Å². The number of aromatic amines is 1. The molecule has 0 radical (unpaired) electrons. The van der Waals surface area contributed by atoms with Gasteiger partial charge in [-0.1, -0.05) is 6.92 Å². The highest BCUT2D eigenvalue weighted by molar-refractivity contribution is 5.97. The van der Waals surface area contributed by atoms with Crippen LogP contribution in [0.4, 0.5) is 0 Å². The summed E-state index contributed by atoms with van der Waals surface area (Å²) in [5, 5.41) is 3.21. The van der Waals surface area contributed by atoms with Gasteiger partial charge in [0.25, 0.3) is 11.5 Å². The largest absolute Gasteiger partial charge is 0.383 e. The van der Waals surface area contributed by atoms with Crippen molar-refractivity contribution in [2.24, 2.45) is 0 Å². The highest BCUT2D eigenvalue weighted by atomic mass is 16.5. The average Bonchev–Trinajstić information content (AvgIpc) is 2.53. The van der Waals surface area contributed by atoms with Crippen molar-refractivity contribution < 1.29 is 9.53 Å². The quantitative estimate of drug-likeness (QED) is 0.826. The SMILES string of the molecule is CCC(C)NC(=O)c1ccc2c(=O)n(CCOC)c(=O)[nH]c2c1. The van der Waals surface area contributed by atoms with E-state index in [0.717, 1.165) is 11.0 Å². The number of nitrogens with zero attached hydrogens (tertiary/aromatic N) is 1. The van der Waals surface area contributed by atoms with Gasteiger partial charge < -0.3 is 15.0 Å². The van der Waals surface area contributed by atoms with Gasteiger partial charge in [-0.2, -0.15) is 0 Å². The number of ether oxygens (including phenoxy) is 1. The lowest BCUT2D eigenvalue weighted by Gasteiger charge is -2.12. The first kappa shape index (κ1) is 17.0. The normalized spacial score (nSPS) is 12.3. The fraction of sp³-hybridized carbons (Fsp3) is 0.438. The Morgan fingerprint density at radius 2 is 2.13 bits per heavy atom. The second kappa shape index (κ2) is 7.23. The van der Waals surface area contributed by atoms with Crippen LogP contribution in [0.25, 0.3) is 10.9 Å². The number of hydrogen-bond acceptors (Lipinski definition) is 4. The molecule has 7 nitrogen and oxygen atoms in total. The molecule has 0 aliphatic carbocycles. The van der Waals surface area contributed by atoms with Crippen LogP contribution in [-0.2, 0) is 11.3 Å². The van der Waals surface area contributed by atoms with Crippen molar-refractivity contribution in [1.29, 1.82) is 0 Å². The molecule has 0 aliphatic rings. The maximum absolute atomic E-state index is 12.3. The fourth-order valence-corrected chi connectivity index (χ4v) is 2.19. The number of aromatic nitrogens is 2. The lowest BCUT2D eigenvalue weighted by Crippen LogP contribution is -2.36. The molecule has 0 aliphatic heterocycles. The van der Waals surface area contributed by atoms with Crippen LogP contribution in [-0.4, -0.2) is 35.2 Å². The maximum Gasteiger partial charge on any atom is 0.328 e. The van der Waals surface area contributed by atoms with Gasteiger partial charge >= 0.3 is 5.69 Å². The number of carbonyl (C=O) groups is 1. The van der Waals surface area contributed by atoms with Crippen LogP contribution < -0.4 is 16.6 Å². The Labute approximate surface area is 133 Å². The number of methoxy groups -OCH3 is 1. The molecule has 0 saturated heterocycles. The van der Waals surface area contributed by atoms with Gasteiger partial charge in [-0.25, -0.2) is 4.79 Å². The monoisotopic (exact) mass is 319 g/mol. The highest BCUT2D eigenvalue weighted by Crippen LogP contribution is 2.09. The second-order valence-corrected chi connectivity index (χ2v) is 5.42. The number of amides is 1. The summed E-state index contributed by atoms with van der Waals surface area (Å²) in [6.45, 7) is 4.33. The topological polar surface area (TPSA) is 93.2 Å². The molecule has 0 spiro atoms. The van der Waals surface area contributed by atoms with Gasteiger partial charge in [-0.05, 0) is 31.5 Å². The van der Waals surface area contributed by atoms with Crippen LogP contribution in [0.3, 0.4) is 0 Å². The van der Waals surface area contributed by atoms with Crippen molar-refractivity contribution in [3.8, 4) is 0 Å². The molecule has 2 aromatic rings. The molecule has 1 atom stereocenters. The van der Waals surface area contributed by atoms with E-state index in [1.807, 2.05) is 13.8 Å². The number of fused-ring (bicyclic) bond motifs is 1. The molecule has 1 aromatic carbocycles. The lowest BCUT2D eigenvalue weighted by atomic mass is 10.1. The molecule has 7 heteroatoms. The molecular weight excluding hydrogens is 298 g/mol. The summed E-state index contributed by atoms with van der Waals surface area (Å²) >= 11 is 0. The van der Waals surface area contributed by atoms with Crippen molar-refractivity contribution in [2.75, 3.05) is 13.7 Å². The number of hydrogen-bond donors (Lipinski definition) is 2. The lowest BCUT2D eigenvalue weighted by molar-refractivity contribution is 0.0939. The van der Waals surface area contributed by atoms with Gasteiger partial charge in [0, 0.05) is 18.7 Å². The van der Waals surface area contributed by atoms with Gasteiger partial charge in [0.1, 0.15) is 0 Å². The van der Waals surface area contributed by atoms with E-state index < -0.39 is 11.2 Å². The Morgan fingerprint density at radius 1 is 1.39 bits per heavy atom. The first-order chi connectivity index (χ1) is 11.0. The van der Waals surface area contributed by atoms with E-state index in [2.05, 4.69) is 10.3 Å². The zero-order valence-corrected chi connectivity index (χ0v) is 13.5. The van der Waals surface area contributed by atoms with Crippen LogP contribution in [0.5, 0.6) is 0 Å². The van der Waals surface area contributed by atoms with Crippen LogP contribution in [0.1, 0.15) is 30.6 Å². The zero-order chi connectivity index (χ0) is 17.0. The zero-order valence-electron chi connectivity index (χ0n) is 13.5. The molecule has 1 amide bonds. The summed E-state index contributed by atoms with van der Waals surface area (Å²) in [7, 11) is 1.50. The predicted octanol–water partition coefficient (Wildman–Crippen LogP) is 0.865. The van der Waals surface area contributed by atoms with Crippen molar-refractivity contribution in [1.82, 2.24) is 14.9 Å². The molecule has 2 N–H and O–H groups in total. The molecule has 2 rings (SSSR count). The van der Waals surface area contributed by atoms with Gasteiger partial charge in [0.15, 0.2) is 0 Å². The third kappa shape index (κ3) is 3.68. The maximum atomic E-state index is 12.3. The van der Waals surface area contributed by atoms with Crippen LogP contribution in [0.2, 0.25) is 0 Å². The van der Waals surface area contributed by atoms with E-state index in [1.54, 1.807) is 12.1 Å². The van der Waals surface area contributed by atoms with E-state index in [9.17, 15) is 14.4 Å². The van der Waals surface area contributed by atoms with Gasteiger partial charge in [-0.3, -0.25) is 14.2 Å². The first-order valence-corrected chi connectivity index (χ1v) is 7.54. The number of rotatable bonds is 6. The van der Waals surface area contributed by atoms with E-state index in [4.69, 9.17) is 4.74 Å². The number of nitrogens with one attached hydrogen (secondary N) is 2. The Hall–Kier alpha value is -2.41. The van der Waals surface area contributed by atoms with E-state index in [-0.39, 0.29) is 25.1 Å². The van der Waals surface area contributed by atoms with Crippen molar-refractivity contribution in [3.05, 3.63) is 44.6 Å². The van der Waals surface area contributed by atoms with Gasteiger partial charge in [-0.15, -0.1) is 0 Å². The Kier molecular flexibility index (Phi) is 5.33. The van der Waals surface area contributed by atoms with Gasteiger partial charge in [0.05, 0.1) is 24.1 Å². The average molecular weight is 319 g/mol. The number of H-pyrrole nitrogens is 1. The standard InChI is InChI=1S/C16H21N3O4/c1-4-10(2)17-14(20)11-5-6-12-13(9-11)18-16(22)19(15(12)21)7-8-23-3/h5-6,9-10H,4,7-8H2,1-3H3,(H,17,20)(H,18,22). The van der Waals surface area contributed by atoms with Gasteiger partial charge in [0.2, 0.25) is 0 Å². The molecule has 23 heavy (non-hydrogen) atoms. The van der Waals surface area contributed by atoms with Crippen molar-refractivity contribution >= 4 is 16.8 Å². The summed E-state index contributed by atoms with van der Waals surface area (Å²) in [4.78, 5) is 39.1. The van der Waals surface area contributed by atoms with E-state index >= 15 is 0 Å². The predicted molar refractivity (Wildman–Crippen MR) is 87.9 cm³/mol. The Bertz CT molecular complexity index is 822. The minimum absolute atomic E-state index is 0.0549. The van der Waals surface area contributed by atoms with E-state index in [0.29, 0.717) is 16.5 Å². The molecular formula is C16H21N3O4. The summed E-state index contributed by atoms with van der Waals surface area (Å²) < 4.78 is 5.99. The molecule has 1 unspecified atom stereocenters. The minimum atomic E-state index is -0.515. The third-order valence-electron chi connectivity index (χ3n) is 3.75. The highest BCUT2D eigenvalue weighted by Gasteiger charge is 2.12. The van der Waals surface area contributed by atoms with E-state index in [1.165, 1.54) is 13.2 Å². The third-order valence-corrected chi connectivity index (χ3v) is 3.75. The van der Waals surface area contributed by atoms with Crippen LogP contribution >= 0.6 is 0 Å². The number of benzene rings is 1. The molecule has 1 heterocycles. The molecule has 1 aromatic heterocycles. The first-order valence-electron chi connectivity index (χ1n) is 7.54. The van der Waals surface area contributed by atoms with Crippen LogP contribution in [0, 0.1) is 0 Å². The Balaban J connectivity index is 2.43. The minimum Gasteiger partial charge on any atom is -0.383 e. The summed E-state index contributed by atoms with van der Waals surface area (Å²) in [5.74, 6) is -0.231. The molecule has 0 bridgehead atoms. The summed E-state index contributed by atoms with van der Waals surface area (Å²) in [6.07, 6.45) is 0.820. The summed E-state index contributed by atoms with van der Waals surface area (Å²) in [6, 6.07) is 4.72. The molecule has 0 fully saturated rings. The fourth-order valence-electron chi connectivity index (χ4n) is 2.19. The molecule has 0 saturated carbocycles. The van der Waals surface area contributed by atoms with Crippen molar-refractivity contribution in [3.63, 3.8) is 0 Å². The second-order valence-electron chi connectivity index (χ2n) is 5.42. The van der Waals surface area contributed by atoms with Crippen LogP contribution in [0.15, 0.2) is 27.8 Å². The Morgan fingerprint density at radius 3 is 2.78 bits per heavy atom. The number of carbonyl (C=O) groups excluding carboxylic acids is 1.